The summed E-state index contributed by atoms with van der Waals surface area (Å²) >= 11 is 1.67. The SMILES string of the molecule is COc1ccc([C@H](C)NCc2c(C)nc3sccn23)cc1. The highest BCUT2D eigenvalue weighted by molar-refractivity contribution is 7.15. The fraction of sp³-hybridized carbons (Fsp3) is 0.312. The molecule has 21 heavy (non-hydrogen) atoms. The summed E-state index contributed by atoms with van der Waals surface area (Å²) in [6.07, 6.45) is 2.08. The highest BCUT2D eigenvalue weighted by Crippen LogP contribution is 2.20. The number of aryl methyl sites for hydroxylation is 1. The Bertz CT molecular complexity index is 730. The number of aromatic nitrogens is 2. The molecule has 3 rings (SSSR count). The maximum absolute atomic E-state index is 5.19. The molecule has 1 N–H and O–H groups in total. The Hall–Kier alpha value is -1.85. The van der Waals surface area contributed by atoms with Crippen LogP contribution >= 0.6 is 11.3 Å². The number of ether oxygens (including phenoxy) is 1. The maximum Gasteiger partial charge on any atom is 0.194 e. The first-order valence-corrected chi connectivity index (χ1v) is 7.85. The van der Waals surface area contributed by atoms with E-state index in [0.29, 0.717) is 0 Å². The van der Waals surface area contributed by atoms with Crippen LogP contribution in [0.25, 0.3) is 4.96 Å². The van der Waals surface area contributed by atoms with Gasteiger partial charge < -0.3 is 10.1 Å². The van der Waals surface area contributed by atoms with Crippen LogP contribution in [0.2, 0.25) is 0 Å². The van der Waals surface area contributed by atoms with E-state index in [4.69, 9.17) is 4.74 Å². The number of thiazole rings is 1. The second-order valence-corrected chi connectivity index (χ2v) is 5.95. The van der Waals surface area contributed by atoms with Crippen molar-refractivity contribution in [2.45, 2.75) is 26.4 Å². The van der Waals surface area contributed by atoms with E-state index >= 15 is 0 Å². The van der Waals surface area contributed by atoms with Crippen molar-refractivity contribution < 1.29 is 4.74 Å². The Labute approximate surface area is 128 Å². The van der Waals surface area contributed by atoms with Gasteiger partial charge in [-0.2, -0.15) is 0 Å². The number of methoxy groups -OCH3 is 1. The first-order valence-electron chi connectivity index (χ1n) is 6.97. The molecule has 0 radical (unpaired) electrons. The van der Waals surface area contributed by atoms with Crippen molar-refractivity contribution in [3.8, 4) is 5.75 Å². The lowest BCUT2D eigenvalue weighted by Gasteiger charge is -2.14. The van der Waals surface area contributed by atoms with Gasteiger partial charge >= 0.3 is 0 Å². The summed E-state index contributed by atoms with van der Waals surface area (Å²) in [5, 5.41) is 5.63. The molecule has 0 unspecified atom stereocenters. The predicted molar refractivity (Wildman–Crippen MR) is 86.1 cm³/mol. The molecule has 3 aromatic rings. The number of imidazole rings is 1. The van der Waals surface area contributed by atoms with E-state index in [1.165, 1.54) is 11.3 Å². The molecule has 0 saturated carbocycles. The van der Waals surface area contributed by atoms with Crippen molar-refractivity contribution in [2.24, 2.45) is 0 Å². The molecule has 1 aromatic carbocycles. The number of rotatable bonds is 5. The van der Waals surface area contributed by atoms with Gasteiger partial charge in [-0.1, -0.05) is 12.1 Å². The molecule has 0 amide bonds. The van der Waals surface area contributed by atoms with Crippen LogP contribution in [-0.4, -0.2) is 16.5 Å². The zero-order chi connectivity index (χ0) is 14.8. The molecule has 0 aliphatic rings. The molecule has 2 heterocycles. The number of hydrogen-bond acceptors (Lipinski definition) is 4. The predicted octanol–water partition coefficient (Wildman–Crippen LogP) is 3.56. The third-order valence-electron chi connectivity index (χ3n) is 3.75. The van der Waals surface area contributed by atoms with Crippen LogP contribution in [0.4, 0.5) is 0 Å². The molecule has 1 atom stereocenters. The first-order chi connectivity index (χ1) is 10.2. The molecular formula is C16H19N3OS. The Morgan fingerprint density at radius 3 is 2.81 bits per heavy atom. The number of nitrogens with zero attached hydrogens (tertiary/aromatic N) is 2. The lowest BCUT2D eigenvalue weighted by atomic mass is 10.1. The zero-order valence-electron chi connectivity index (χ0n) is 12.5. The summed E-state index contributed by atoms with van der Waals surface area (Å²) < 4.78 is 7.35. The van der Waals surface area contributed by atoms with Crippen LogP contribution in [0.15, 0.2) is 35.8 Å². The average molecular weight is 301 g/mol. The first kappa shape index (κ1) is 14.1. The van der Waals surface area contributed by atoms with Crippen molar-refractivity contribution in [3.63, 3.8) is 0 Å². The molecule has 0 aliphatic carbocycles. The van der Waals surface area contributed by atoms with Gasteiger partial charge in [0.1, 0.15) is 5.75 Å². The number of hydrogen-bond donors (Lipinski definition) is 1. The molecule has 0 bridgehead atoms. The fourth-order valence-corrected chi connectivity index (χ4v) is 3.19. The standard InChI is InChI=1S/C16H19N3OS/c1-11(13-4-6-14(20-3)7-5-13)17-10-15-12(2)18-16-19(15)8-9-21-16/h4-9,11,17H,10H2,1-3H3/t11-/m0/s1. The Kier molecular flexibility index (Phi) is 3.94. The van der Waals surface area contributed by atoms with Gasteiger partial charge in [0.25, 0.3) is 0 Å². The summed E-state index contributed by atoms with van der Waals surface area (Å²) in [5.41, 5.74) is 3.57. The van der Waals surface area contributed by atoms with Gasteiger partial charge in [0.15, 0.2) is 4.96 Å². The summed E-state index contributed by atoms with van der Waals surface area (Å²) in [6.45, 7) is 5.04. The van der Waals surface area contributed by atoms with Gasteiger partial charge in [0, 0.05) is 24.2 Å². The largest absolute Gasteiger partial charge is 0.497 e. The molecule has 0 saturated heterocycles. The van der Waals surface area contributed by atoms with Crippen LogP contribution in [0.3, 0.4) is 0 Å². The summed E-state index contributed by atoms with van der Waals surface area (Å²) in [6, 6.07) is 8.46. The number of fused-ring (bicyclic) bond motifs is 1. The monoisotopic (exact) mass is 301 g/mol. The van der Waals surface area contributed by atoms with E-state index in [0.717, 1.165) is 22.9 Å². The van der Waals surface area contributed by atoms with Crippen molar-refractivity contribution in [2.75, 3.05) is 7.11 Å². The van der Waals surface area contributed by atoms with Crippen LogP contribution in [-0.2, 0) is 6.54 Å². The van der Waals surface area contributed by atoms with Gasteiger partial charge in [-0.15, -0.1) is 11.3 Å². The molecule has 5 heteroatoms. The minimum Gasteiger partial charge on any atom is -0.497 e. The van der Waals surface area contributed by atoms with Crippen molar-refractivity contribution >= 4 is 16.3 Å². The third-order valence-corrected chi connectivity index (χ3v) is 4.51. The van der Waals surface area contributed by atoms with Crippen LogP contribution in [0.1, 0.15) is 29.9 Å². The zero-order valence-corrected chi connectivity index (χ0v) is 13.3. The second-order valence-electron chi connectivity index (χ2n) is 5.08. The summed E-state index contributed by atoms with van der Waals surface area (Å²) in [4.78, 5) is 5.63. The van der Waals surface area contributed by atoms with Gasteiger partial charge in [-0.25, -0.2) is 4.98 Å². The topological polar surface area (TPSA) is 38.6 Å². The van der Waals surface area contributed by atoms with Gasteiger partial charge in [-0.05, 0) is 31.5 Å². The lowest BCUT2D eigenvalue weighted by molar-refractivity contribution is 0.414. The van der Waals surface area contributed by atoms with Gasteiger partial charge in [0.2, 0.25) is 0 Å². The smallest absolute Gasteiger partial charge is 0.194 e. The normalized spacial score (nSPS) is 12.7. The Morgan fingerprint density at radius 1 is 1.33 bits per heavy atom. The van der Waals surface area contributed by atoms with E-state index < -0.39 is 0 Å². The van der Waals surface area contributed by atoms with Gasteiger partial charge in [0.05, 0.1) is 18.5 Å². The summed E-state index contributed by atoms with van der Waals surface area (Å²) in [5.74, 6) is 0.887. The Morgan fingerprint density at radius 2 is 2.10 bits per heavy atom. The fourth-order valence-electron chi connectivity index (χ4n) is 2.41. The molecular weight excluding hydrogens is 282 g/mol. The minimum absolute atomic E-state index is 0.277. The highest BCUT2D eigenvalue weighted by Gasteiger charge is 2.11. The van der Waals surface area contributed by atoms with E-state index in [2.05, 4.69) is 52.3 Å². The molecule has 4 nitrogen and oxygen atoms in total. The van der Waals surface area contributed by atoms with Crippen LogP contribution < -0.4 is 10.1 Å². The number of nitrogens with one attached hydrogen (secondary N) is 1. The number of benzene rings is 1. The molecule has 110 valence electrons. The van der Waals surface area contributed by atoms with E-state index in [1.807, 2.05) is 12.1 Å². The maximum atomic E-state index is 5.19. The molecule has 0 fully saturated rings. The van der Waals surface area contributed by atoms with E-state index in [-0.39, 0.29) is 6.04 Å². The van der Waals surface area contributed by atoms with Crippen LogP contribution in [0.5, 0.6) is 5.75 Å². The summed E-state index contributed by atoms with van der Waals surface area (Å²) in [7, 11) is 1.69. The van der Waals surface area contributed by atoms with E-state index in [1.54, 1.807) is 18.4 Å². The second kappa shape index (κ2) is 5.87. The molecule has 2 aromatic heterocycles. The third kappa shape index (κ3) is 2.80. The van der Waals surface area contributed by atoms with Crippen molar-refractivity contribution in [3.05, 3.63) is 52.8 Å². The van der Waals surface area contributed by atoms with Gasteiger partial charge in [-0.3, -0.25) is 4.40 Å². The van der Waals surface area contributed by atoms with Crippen molar-refractivity contribution in [1.82, 2.24) is 14.7 Å². The minimum atomic E-state index is 0.277. The van der Waals surface area contributed by atoms with Crippen LogP contribution in [0, 0.1) is 6.92 Å². The lowest BCUT2D eigenvalue weighted by Crippen LogP contribution is -2.19. The quantitative estimate of drug-likeness (QED) is 0.783. The molecule has 0 aliphatic heterocycles. The highest BCUT2D eigenvalue weighted by atomic mass is 32.1. The average Bonchev–Trinajstić information content (AvgIpc) is 3.06. The Balaban J connectivity index is 1.71. The molecule has 0 spiro atoms. The van der Waals surface area contributed by atoms with Crippen molar-refractivity contribution in [1.29, 1.82) is 0 Å². The van der Waals surface area contributed by atoms with E-state index in [9.17, 15) is 0 Å².